The van der Waals surface area contributed by atoms with Crippen molar-refractivity contribution < 1.29 is 4.48 Å². The summed E-state index contributed by atoms with van der Waals surface area (Å²) in [5.41, 5.74) is 14.8. The van der Waals surface area contributed by atoms with Crippen molar-refractivity contribution in [3.8, 4) is 0 Å². The van der Waals surface area contributed by atoms with Gasteiger partial charge in [-0.1, -0.05) is 42.5 Å². The highest BCUT2D eigenvalue weighted by molar-refractivity contribution is 6.14. The van der Waals surface area contributed by atoms with E-state index in [9.17, 15) is 0 Å². The van der Waals surface area contributed by atoms with Gasteiger partial charge in [-0.3, -0.25) is 4.99 Å². The summed E-state index contributed by atoms with van der Waals surface area (Å²) < 4.78 is 1.16. The molecule has 6 rings (SSSR count). The molecule has 1 spiro atoms. The van der Waals surface area contributed by atoms with Gasteiger partial charge in [0.15, 0.2) is 0 Å². The Kier molecular flexibility index (Phi) is 3.79. The highest BCUT2D eigenvalue weighted by atomic mass is 15.4. The normalized spacial score (nSPS) is 35.7. The Morgan fingerprint density at radius 1 is 1.10 bits per heavy atom. The van der Waals surface area contributed by atoms with E-state index in [0.717, 1.165) is 16.7 Å². The molecule has 4 aliphatic rings. The van der Waals surface area contributed by atoms with Crippen LogP contribution in [-0.4, -0.2) is 36.4 Å². The number of fused-ring (bicyclic) bond motifs is 2. The molecule has 2 N–H and O–H groups in total. The van der Waals surface area contributed by atoms with Crippen molar-refractivity contribution in [1.82, 2.24) is 5.43 Å². The monoisotopic (exact) mass is 397 g/mol. The summed E-state index contributed by atoms with van der Waals surface area (Å²) in [5, 5.41) is 0. The lowest BCUT2D eigenvalue weighted by Crippen LogP contribution is -2.63. The number of hydrogen-bond donors (Lipinski definition) is 2. The number of nitrogens with one attached hydrogen (secondary N) is 2. The Labute approximate surface area is 178 Å². The first-order chi connectivity index (χ1) is 14.7. The van der Waals surface area contributed by atoms with Crippen LogP contribution in [0.2, 0.25) is 0 Å². The van der Waals surface area contributed by atoms with Crippen molar-refractivity contribution in [2.45, 2.75) is 31.2 Å². The van der Waals surface area contributed by atoms with E-state index in [2.05, 4.69) is 73.5 Å². The largest absolute Gasteiger partial charge is 0.319 e. The lowest BCUT2D eigenvalue weighted by Gasteiger charge is -2.52. The molecule has 0 radical (unpaired) electrons. The third-order valence-electron chi connectivity index (χ3n) is 8.07. The van der Waals surface area contributed by atoms with Crippen molar-refractivity contribution in [3.63, 3.8) is 0 Å². The molecule has 2 unspecified atom stereocenters. The molecule has 30 heavy (non-hydrogen) atoms. The topological polar surface area (TPSA) is 36.4 Å². The standard InChI is InChI=1S/C26H29N4/c1-3-18-17-30(2)14-13-26-22-11-7-8-12-23(22)28-25(26)21(20(18)15-24(26)30)16-27-29-19-9-5-4-6-10-19/h3-12,16,20,24,27,29H,13-15,17H2,1-2H3/q+1/b18-3+,21-16-/t20-,24-,26?,30?/m0/s1. The number of rotatable bonds is 3. The van der Waals surface area contributed by atoms with Crippen LogP contribution in [0, 0.1) is 5.92 Å². The number of allylic oxidation sites excluding steroid dienone is 2. The Balaban J connectivity index is 1.46. The molecule has 3 aliphatic heterocycles. The second kappa shape index (κ2) is 6.32. The van der Waals surface area contributed by atoms with E-state index in [0.29, 0.717) is 12.0 Å². The van der Waals surface area contributed by atoms with E-state index < -0.39 is 0 Å². The number of piperidine rings is 1. The van der Waals surface area contributed by atoms with Crippen molar-refractivity contribution in [1.29, 1.82) is 0 Å². The minimum Gasteiger partial charge on any atom is -0.319 e. The number of quaternary nitrogens is 1. The first-order valence-corrected chi connectivity index (χ1v) is 11.1. The number of para-hydroxylation sites is 2. The van der Waals surface area contributed by atoms with Crippen LogP contribution in [0.4, 0.5) is 11.4 Å². The van der Waals surface area contributed by atoms with Crippen LogP contribution >= 0.6 is 0 Å². The van der Waals surface area contributed by atoms with Gasteiger partial charge in [-0.05, 0) is 41.8 Å². The molecule has 1 aliphatic carbocycles. The van der Waals surface area contributed by atoms with Crippen LogP contribution in [0.25, 0.3) is 0 Å². The van der Waals surface area contributed by atoms with Gasteiger partial charge in [-0.2, -0.15) is 0 Å². The van der Waals surface area contributed by atoms with Crippen LogP contribution < -0.4 is 10.9 Å². The number of benzene rings is 2. The summed E-state index contributed by atoms with van der Waals surface area (Å²) in [7, 11) is 2.47. The van der Waals surface area contributed by atoms with Crippen molar-refractivity contribution in [2.75, 3.05) is 25.6 Å². The zero-order chi connectivity index (χ0) is 20.3. The molecule has 2 bridgehead atoms. The van der Waals surface area contributed by atoms with Crippen LogP contribution in [-0.2, 0) is 5.41 Å². The number of likely N-dealkylation sites (N-methyl/N-ethyl adjacent to an activating group) is 1. The zero-order valence-electron chi connectivity index (χ0n) is 17.7. The molecule has 0 aromatic heterocycles. The van der Waals surface area contributed by atoms with Crippen molar-refractivity contribution in [3.05, 3.63) is 83.6 Å². The third-order valence-corrected chi connectivity index (χ3v) is 8.07. The molecule has 2 saturated heterocycles. The fraction of sp³-hybridized carbons (Fsp3) is 0.346. The number of hydrogen-bond acceptors (Lipinski definition) is 3. The van der Waals surface area contributed by atoms with Gasteiger partial charge in [-0.15, -0.1) is 0 Å². The third kappa shape index (κ3) is 2.28. The lowest BCUT2D eigenvalue weighted by molar-refractivity contribution is -0.923. The average Bonchev–Trinajstić information content (AvgIpc) is 3.29. The Hall–Kier alpha value is -2.85. The SMILES string of the molecule is C/C=C1\C[N+]2(C)CCC34C(=Nc5ccccc53)/C(=C\NNc3ccccc3)[C@H]1C[C@@H]42. The van der Waals surface area contributed by atoms with Crippen LogP contribution in [0.3, 0.4) is 0 Å². The number of nitrogens with zero attached hydrogens (tertiary/aromatic N) is 2. The number of aliphatic imine (C=N–C) groups is 1. The van der Waals surface area contributed by atoms with Gasteiger partial charge in [-0.25, -0.2) is 0 Å². The summed E-state index contributed by atoms with van der Waals surface area (Å²) in [6.45, 7) is 4.59. The van der Waals surface area contributed by atoms with E-state index in [1.807, 2.05) is 18.2 Å². The summed E-state index contributed by atoms with van der Waals surface area (Å²) in [6.07, 6.45) is 6.95. The fourth-order valence-electron chi connectivity index (χ4n) is 6.71. The van der Waals surface area contributed by atoms with Gasteiger partial charge in [0, 0.05) is 25.0 Å². The molecule has 4 heteroatoms. The van der Waals surface area contributed by atoms with Gasteiger partial charge >= 0.3 is 0 Å². The summed E-state index contributed by atoms with van der Waals surface area (Å²) in [4.78, 5) is 5.28. The summed E-state index contributed by atoms with van der Waals surface area (Å²) >= 11 is 0. The van der Waals surface area contributed by atoms with E-state index in [4.69, 9.17) is 4.99 Å². The van der Waals surface area contributed by atoms with Gasteiger partial charge in [0.05, 0.1) is 36.1 Å². The molecular formula is C26H29N4+. The maximum absolute atomic E-state index is 5.28. The molecule has 0 amide bonds. The minimum atomic E-state index is 0.0708. The molecule has 1 saturated carbocycles. The predicted octanol–water partition coefficient (Wildman–Crippen LogP) is 4.71. The van der Waals surface area contributed by atoms with Gasteiger partial charge in [0.2, 0.25) is 0 Å². The molecule has 2 aromatic rings. The molecule has 4 atom stereocenters. The maximum atomic E-state index is 5.28. The number of hydrazine groups is 1. The maximum Gasteiger partial charge on any atom is 0.106 e. The molecule has 4 nitrogen and oxygen atoms in total. The van der Waals surface area contributed by atoms with E-state index >= 15 is 0 Å². The molecule has 3 fully saturated rings. The quantitative estimate of drug-likeness (QED) is 0.447. The van der Waals surface area contributed by atoms with Crippen molar-refractivity contribution in [2.24, 2.45) is 10.9 Å². The summed E-state index contributed by atoms with van der Waals surface area (Å²) in [6, 6.07) is 19.8. The molecule has 2 aromatic carbocycles. The highest BCUT2D eigenvalue weighted by Crippen LogP contribution is 2.61. The molecule has 3 heterocycles. The number of anilines is 1. The minimum absolute atomic E-state index is 0.0708. The van der Waals surface area contributed by atoms with Crippen molar-refractivity contribution >= 4 is 17.1 Å². The smallest absolute Gasteiger partial charge is 0.106 e. The Morgan fingerprint density at radius 3 is 2.73 bits per heavy atom. The fourth-order valence-corrected chi connectivity index (χ4v) is 6.71. The molecular weight excluding hydrogens is 368 g/mol. The van der Waals surface area contributed by atoms with Gasteiger partial charge < -0.3 is 15.3 Å². The average molecular weight is 398 g/mol. The Bertz CT molecular complexity index is 1100. The molecule has 152 valence electrons. The second-order valence-corrected chi connectivity index (χ2v) is 9.46. The first kappa shape index (κ1) is 18.0. The van der Waals surface area contributed by atoms with E-state index in [-0.39, 0.29) is 5.41 Å². The lowest BCUT2D eigenvalue weighted by atomic mass is 9.58. The van der Waals surface area contributed by atoms with E-state index in [1.165, 1.54) is 41.9 Å². The zero-order valence-corrected chi connectivity index (χ0v) is 17.7. The van der Waals surface area contributed by atoms with Crippen LogP contribution in [0.5, 0.6) is 0 Å². The second-order valence-electron chi connectivity index (χ2n) is 9.46. The van der Waals surface area contributed by atoms with Gasteiger partial charge in [0.1, 0.15) is 12.6 Å². The highest BCUT2D eigenvalue weighted by Gasteiger charge is 2.68. The predicted molar refractivity (Wildman–Crippen MR) is 123 cm³/mol. The van der Waals surface area contributed by atoms with E-state index in [1.54, 1.807) is 5.57 Å². The Morgan fingerprint density at radius 2 is 1.90 bits per heavy atom. The first-order valence-electron chi connectivity index (χ1n) is 11.1. The van der Waals surface area contributed by atoms with Crippen LogP contribution in [0.15, 0.2) is 83.0 Å². The van der Waals surface area contributed by atoms with Gasteiger partial charge in [0.25, 0.3) is 0 Å². The summed E-state index contributed by atoms with van der Waals surface area (Å²) in [5.74, 6) is 0.454. The van der Waals surface area contributed by atoms with Crippen LogP contribution in [0.1, 0.15) is 25.3 Å².